The van der Waals surface area contributed by atoms with Crippen LogP contribution in [0.25, 0.3) is 0 Å². The first kappa shape index (κ1) is 22.8. The smallest absolute Gasteiger partial charge is 0.250 e. The molecule has 0 saturated carbocycles. The van der Waals surface area contributed by atoms with Crippen LogP contribution in [0.5, 0.6) is 17.2 Å². The van der Waals surface area contributed by atoms with Crippen LogP contribution >= 0.6 is 0 Å². The minimum absolute atomic E-state index is 0.0750. The molecular formula is C29H25N3O6. The summed E-state index contributed by atoms with van der Waals surface area (Å²) in [4.78, 5) is 43.0. The van der Waals surface area contributed by atoms with Gasteiger partial charge in [0.05, 0.1) is 18.4 Å². The zero-order valence-electron chi connectivity index (χ0n) is 20.6. The molecule has 9 nitrogen and oxygen atoms in total. The molecule has 4 aliphatic heterocycles. The van der Waals surface area contributed by atoms with Crippen molar-refractivity contribution in [1.29, 1.82) is 0 Å². The Morgan fingerprint density at radius 3 is 2.53 bits per heavy atom. The lowest BCUT2D eigenvalue weighted by atomic mass is 9.76. The molecule has 3 aromatic carbocycles. The number of anilines is 1. The van der Waals surface area contributed by atoms with Crippen LogP contribution < -0.4 is 20.1 Å². The Bertz CT molecular complexity index is 1520. The molecule has 3 aromatic rings. The molecule has 0 radical (unpaired) electrons. The molecule has 0 aromatic heterocycles. The van der Waals surface area contributed by atoms with Gasteiger partial charge in [0.25, 0.3) is 0 Å². The first-order chi connectivity index (χ1) is 18.3. The zero-order valence-corrected chi connectivity index (χ0v) is 20.6. The summed E-state index contributed by atoms with van der Waals surface area (Å²) in [6.07, 6.45) is 0.411. The zero-order chi connectivity index (χ0) is 26.2. The summed E-state index contributed by atoms with van der Waals surface area (Å²) in [5.41, 5.74) is 2.55. The number of imide groups is 1. The van der Waals surface area contributed by atoms with Crippen molar-refractivity contribution in [3.8, 4) is 17.2 Å². The first-order valence-electron chi connectivity index (χ1n) is 12.6. The quantitative estimate of drug-likeness (QED) is 0.461. The standard InChI is InChI=1S/C29H25N3O6/c1-15-2-8-20-19(10-15)29(28(36)30-20)25-24(21(31-29)11-16-3-6-18(33)7-4-16)26(34)32(27(25)35)13-17-5-9-22-23(12-17)38-14-37-22/h2-10,12,21,24-25,31,33H,11,13-14H2,1H3,(H,30,36)/t21-,24-,25-,29-/m1/s1. The van der Waals surface area contributed by atoms with Crippen molar-refractivity contribution in [2.75, 3.05) is 12.1 Å². The molecule has 0 bridgehead atoms. The molecule has 4 aliphatic rings. The number of phenolic OH excluding ortho intramolecular Hbond substituents is 1. The second-order valence-corrected chi connectivity index (χ2v) is 10.4. The molecule has 2 saturated heterocycles. The molecule has 7 rings (SSSR count). The predicted octanol–water partition coefficient (Wildman–Crippen LogP) is 2.59. The highest BCUT2D eigenvalue weighted by Gasteiger charge is 2.70. The Balaban J connectivity index is 1.30. The van der Waals surface area contributed by atoms with Gasteiger partial charge in [0.15, 0.2) is 11.5 Å². The Morgan fingerprint density at radius 2 is 1.71 bits per heavy atom. The summed E-state index contributed by atoms with van der Waals surface area (Å²) in [6.45, 7) is 2.14. The summed E-state index contributed by atoms with van der Waals surface area (Å²) < 4.78 is 10.9. The number of hydrogen-bond acceptors (Lipinski definition) is 7. The maximum atomic E-state index is 14.1. The maximum Gasteiger partial charge on any atom is 0.250 e. The minimum atomic E-state index is -1.36. The number of amides is 3. The molecule has 2 fully saturated rings. The Kier molecular flexibility index (Phi) is 4.84. The van der Waals surface area contributed by atoms with Crippen molar-refractivity contribution in [1.82, 2.24) is 10.2 Å². The van der Waals surface area contributed by atoms with Gasteiger partial charge < -0.3 is 19.9 Å². The first-order valence-corrected chi connectivity index (χ1v) is 12.6. The van der Waals surface area contributed by atoms with E-state index in [0.717, 1.165) is 16.7 Å². The predicted molar refractivity (Wildman–Crippen MR) is 135 cm³/mol. The molecule has 3 amide bonds. The second-order valence-electron chi connectivity index (χ2n) is 10.4. The van der Waals surface area contributed by atoms with E-state index < -0.39 is 23.4 Å². The molecular weight excluding hydrogens is 486 g/mol. The lowest BCUT2D eigenvalue weighted by Crippen LogP contribution is -2.53. The van der Waals surface area contributed by atoms with Crippen molar-refractivity contribution in [2.45, 2.75) is 31.5 Å². The fourth-order valence-corrected chi connectivity index (χ4v) is 6.41. The van der Waals surface area contributed by atoms with E-state index >= 15 is 0 Å². The van der Waals surface area contributed by atoms with Gasteiger partial charge in [-0.25, -0.2) is 0 Å². The van der Waals surface area contributed by atoms with E-state index in [1.54, 1.807) is 36.4 Å². The number of likely N-dealkylation sites (tertiary alicyclic amines) is 1. The normalized spacial score (nSPS) is 26.7. The number of carbonyl (C=O) groups is 3. The number of aromatic hydroxyl groups is 1. The van der Waals surface area contributed by atoms with Crippen molar-refractivity contribution in [3.63, 3.8) is 0 Å². The fraction of sp³-hybridized carbons (Fsp3) is 0.276. The lowest BCUT2D eigenvalue weighted by Gasteiger charge is -2.29. The number of ether oxygens (including phenoxy) is 2. The van der Waals surface area contributed by atoms with E-state index in [2.05, 4.69) is 10.6 Å². The highest BCUT2D eigenvalue weighted by atomic mass is 16.7. The monoisotopic (exact) mass is 511 g/mol. The van der Waals surface area contributed by atoms with E-state index in [9.17, 15) is 19.5 Å². The molecule has 0 aliphatic carbocycles. The van der Waals surface area contributed by atoms with Gasteiger partial charge in [-0.05, 0) is 54.8 Å². The average molecular weight is 512 g/mol. The van der Waals surface area contributed by atoms with Crippen molar-refractivity contribution in [2.24, 2.45) is 11.8 Å². The molecule has 1 spiro atoms. The Labute approximate surface area is 218 Å². The second kappa shape index (κ2) is 8.06. The highest BCUT2D eigenvalue weighted by Crippen LogP contribution is 2.53. The summed E-state index contributed by atoms with van der Waals surface area (Å²) >= 11 is 0. The van der Waals surface area contributed by atoms with Crippen LogP contribution in [-0.2, 0) is 32.9 Å². The number of hydrogen-bond donors (Lipinski definition) is 3. The van der Waals surface area contributed by atoms with Gasteiger partial charge in [-0.3, -0.25) is 24.6 Å². The van der Waals surface area contributed by atoms with Crippen LogP contribution in [0, 0.1) is 18.8 Å². The molecule has 3 N–H and O–H groups in total. The topological polar surface area (TPSA) is 117 Å². The van der Waals surface area contributed by atoms with Gasteiger partial charge in [-0.1, -0.05) is 35.9 Å². The number of aryl methyl sites for hydroxylation is 1. The van der Waals surface area contributed by atoms with Crippen molar-refractivity contribution >= 4 is 23.4 Å². The number of benzene rings is 3. The van der Waals surface area contributed by atoms with Crippen molar-refractivity contribution in [3.05, 3.63) is 82.9 Å². The van der Waals surface area contributed by atoms with E-state index in [1.165, 1.54) is 4.90 Å². The Morgan fingerprint density at radius 1 is 0.947 bits per heavy atom. The lowest BCUT2D eigenvalue weighted by molar-refractivity contribution is -0.143. The van der Waals surface area contributed by atoms with Gasteiger partial charge in [0.1, 0.15) is 11.3 Å². The number of fused-ring (bicyclic) bond motifs is 5. The third-order valence-corrected chi connectivity index (χ3v) is 8.13. The SMILES string of the molecule is Cc1ccc2c(c1)[C@]1(N[C@H](Cc3ccc(O)cc3)[C@H]3C(=O)N(Cc4ccc5c(c4)OCO5)C(=O)[C@@H]31)C(=O)N2. The van der Waals surface area contributed by atoms with E-state index in [1.807, 2.05) is 31.2 Å². The molecule has 4 heterocycles. The van der Waals surface area contributed by atoms with Gasteiger partial charge in [-0.15, -0.1) is 0 Å². The summed E-state index contributed by atoms with van der Waals surface area (Å²) in [5.74, 6) is -1.29. The van der Waals surface area contributed by atoms with Crippen LogP contribution in [0.2, 0.25) is 0 Å². The third kappa shape index (κ3) is 3.18. The van der Waals surface area contributed by atoms with E-state index in [-0.39, 0.29) is 36.8 Å². The van der Waals surface area contributed by atoms with Crippen LogP contribution in [0.3, 0.4) is 0 Å². The fourth-order valence-electron chi connectivity index (χ4n) is 6.41. The van der Waals surface area contributed by atoms with Gasteiger partial charge in [0.2, 0.25) is 24.5 Å². The number of nitrogens with one attached hydrogen (secondary N) is 2. The molecule has 38 heavy (non-hydrogen) atoms. The largest absolute Gasteiger partial charge is 0.508 e. The van der Waals surface area contributed by atoms with Gasteiger partial charge >= 0.3 is 0 Å². The van der Waals surface area contributed by atoms with Gasteiger partial charge in [0, 0.05) is 17.3 Å². The van der Waals surface area contributed by atoms with Gasteiger partial charge in [-0.2, -0.15) is 0 Å². The summed E-state index contributed by atoms with van der Waals surface area (Å²) in [7, 11) is 0. The molecule has 192 valence electrons. The maximum absolute atomic E-state index is 14.1. The van der Waals surface area contributed by atoms with Crippen LogP contribution in [0.1, 0.15) is 22.3 Å². The summed E-state index contributed by atoms with van der Waals surface area (Å²) in [6, 6.07) is 17.3. The molecule has 0 unspecified atom stereocenters. The van der Waals surface area contributed by atoms with Crippen LogP contribution in [0.4, 0.5) is 5.69 Å². The highest BCUT2D eigenvalue weighted by molar-refractivity contribution is 6.15. The number of phenols is 1. The summed E-state index contributed by atoms with van der Waals surface area (Å²) in [5, 5.41) is 16.1. The average Bonchev–Trinajstić information content (AvgIpc) is 3.63. The number of nitrogens with zero attached hydrogens (tertiary/aromatic N) is 1. The number of carbonyl (C=O) groups excluding carboxylic acids is 3. The van der Waals surface area contributed by atoms with E-state index in [4.69, 9.17) is 9.47 Å². The Hall–Kier alpha value is -4.37. The van der Waals surface area contributed by atoms with Crippen LogP contribution in [0.15, 0.2) is 60.7 Å². The number of rotatable bonds is 4. The van der Waals surface area contributed by atoms with Crippen LogP contribution in [-0.4, -0.2) is 40.6 Å². The minimum Gasteiger partial charge on any atom is -0.508 e. The van der Waals surface area contributed by atoms with Crippen molar-refractivity contribution < 1.29 is 29.0 Å². The molecule has 4 atom stereocenters. The van der Waals surface area contributed by atoms with E-state index in [0.29, 0.717) is 29.2 Å². The third-order valence-electron chi connectivity index (χ3n) is 8.13. The molecule has 9 heteroatoms.